The molecular formula is C27H45NOSi. The van der Waals surface area contributed by atoms with E-state index in [9.17, 15) is 4.79 Å². The molecule has 0 aromatic heterocycles. The molecule has 1 rings (SSSR count). The Morgan fingerprint density at radius 1 is 0.933 bits per heavy atom. The molecule has 3 heteroatoms. The first-order valence-corrected chi connectivity index (χ1v) is 13.8. The lowest BCUT2D eigenvalue weighted by molar-refractivity contribution is -0.128. The van der Waals surface area contributed by atoms with E-state index in [-0.39, 0.29) is 16.7 Å². The molecule has 168 valence electrons. The third kappa shape index (κ3) is 7.01. The molecule has 0 radical (unpaired) electrons. The summed E-state index contributed by atoms with van der Waals surface area (Å²) in [6.07, 6.45) is 1.91. The van der Waals surface area contributed by atoms with Crippen molar-refractivity contribution in [1.82, 2.24) is 5.32 Å². The van der Waals surface area contributed by atoms with Gasteiger partial charge in [0.25, 0.3) is 0 Å². The zero-order valence-electron chi connectivity index (χ0n) is 21.1. The third-order valence-electron chi connectivity index (χ3n) is 6.58. The maximum Gasteiger partial charge on any atom is 0.225 e. The van der Waals surface area contributed by atoms with E-state index >= 15 is 0 Å². The normalized spacial score (nSPS) is 14.4. The zero-order chi connectivity index (χ0) is 23.2. The SMILES string of the molecule is CC(C)[Si](C#C[C@@](C)(CCc1ccccc1)CNC(=O)C(C)(C)C)(C(C)C)C(C)C. The van der Waals surface area contributed by atoms with Crippen LogP contribution in [-0.4, -0.2) is 20.5 Å². The van der Waals surface area contributed by atoms with Crippen molar-refractivity contribution in [2.75, 3.05) is 6.54 Å². The number of amides is 1. The van der Waals surface area contributed by atoms with Gasteiger partial charge in [0.05, 0.1) is 0 Å². The maximum absolute atomic E-state index is 12.6. The summed E-state index contributed by atoms with van der Waals surface area (Å²) in [6, 6.07) is 10.6. The molecule has 0 aliphatic heterocycles. The number of nitrogens with one attached hydrogen (secondary N) is 1. The highest BCUT2D eigenvalue weighted by Gasteiger charge is 2.42. The van der Waals surface area contributed by atoms with E-state index in [0.717, 1.165) is 12.8 Å². The monoisotopic (exact) mass is 427 g/mol. The largest absolute Gasteiger partial charge is 0.354 e. The van der Waals surface area contributed by atoms with Gasteiger partial charge in [0.15, 0.2) is 0 Å². The van der Waals surface area contributed by atoms with Crippen LogP contribution in [0, 0.1) is 22.3 Å². The Bertz CT molecular complexity index is 712. The molecule has 1 N–H and O–H groups in total. The van der Waals surface area contributed by atoms with Crippen LogP contribution in [0.2, 0.25) is 16.6 Å². The van der Waals surface area contributed by atoms with Crippen LogP contribution in [0.25, 0.3) is 0 Å². The van der Waals surface area contributed by atoms with E-state index in [1.54, 1.807) is 0 Å². The number of carbonyl (C=O) groups excluding carboxylic acids is 1. The standard InChI is InChI=1S/C27H45NOSi/c1-21(2)30(22(3)4,23(5)6)19-18-27(10,20-28-25(29)26(7,8)9)17-16-24-14-12-11-13-15-24/h11-15,21-23H,16-17,20H2,1-10H3,(H,28,29)/t27-/m1/s1. The van der Waals surface area contributed by atoms with E-state index in [2.05, 4.69) is 95.6 Å². The van der Waals surface area contributed by atoms with Gasteiger partial charge in [-0.05, 0) is 42.0 Å². The molecule has 0 aliphatic rings. The lowest BCUT2D eigenvalue weighted by Crippen LogP contribution is -2.44. The highest BCUT2D eigenvalue weighted by Crippen LogP contribution is 2.41. The van der Waals surface area contributed by atoms with Gasteiger partial charge in [-0.1, -0.05) is 92.6 Å². The summed E-state index contributed by atoms with van der Waals surface area (Å²) in [6.45, 7) is 22.8. The molecule has 1 amide bonds. The van der Waals surface area contributed by atoms with Gasteiger partial charge in [0, 0.05) is 17.4 Å². The summed E-state index contributed by atoms with van der Waals surface area (Å²) >= 11 is 0. The molecule has 0 bridgehead atoms. The number of aryl methyl sites for hydroxylation is 1. The second-order valence-corrected chi connectivity index (χ2v) is 16.7. The smallest absolute Gasteiger partial charge is 0.225 e. The highest BCUT2D eigenvalue weighted by atomic mass is 28.3. The predicted octanol–water partition coefficient (Wildman–Crippen LogP) is 7.01. The minimum absolute atomic E-state index is 0.0929. The van der Waals surface area contributed by atoms with Crippen LogP contribution >= 0.6 is 0 Å². The van der Waals surface area contributed by atoms with Crippen molar-refractivity contribution in [3.8, 4) is 11.5 Å². The maximum atomic E-state index is 12.6. The molecule has 0 saturated carbocycles. The van der Waals surface area contributed by atoms with Crippen LogP contribution in [0.1, 0.15) is 81.2 Å². The van der Waals surface area contributed by atoms with E-state index < -0.39 is 8.07 Å². The van der Waals surface area contributed by atoms with Gasteiger partial charge in [-0.2, -0.15) is 0 Å². The van der Waals surface area contributed by atoms with Crippen molar-refractivity contribution < 1.29 is 4.79 Å². The fraction of sp³-hybridized carbons (Fsp3) is 0.667. The van der Waals surface area contributed by atoms with E-state index in [1.807, 2.05) is 20.8 Å². The molecular weight excluding hydrogens is 382 g/mol. The Kier molecular flexibility index (Phi) is 9.42. The van der Waals surface area contributed by atoms with Crippen LogP contribution < -0.4 is 5.32 Å². The van der Waals surface area contributed by atoms with Gasteiger partial charge in [-0.25, -0.2) is 0 Å². The van der Waals surface area contributed by atoms with Crippen LogP contribution in [0.4, 0.5) is 0 Å². The van der Waals surface area contributed by atoms with Gasteiger partial charge in [0.2, 0.25) is 5.91 Å². The molecule has 0 unspecified atom stereocenters. The van der Waals surface area contributed by atoms with E-state index in [0.29, 0.717) is 23.2 Å². The van der Waals surface area contributed by atoms with Crippen molar-refractivity contribution >= 4 is 14.0 Å². The Morgan fingerprint density at radius 2 is 1.43 bits per heavy atom. The van der Waals surface area contributed by atoms with Crippen LogP contribution in [0.15, 0.2) is 30.3 Å². The van der Waals surface area contributed by atoms with Crippen molar-refractivity contribution in [1.29, 1.82) is 0 Å². The Hall–Kier alpha value is -1.53. The first kappa shape index (κ1) is 26.5. The second-order valence-electron chi connectivity index (χ2n) is 11.1. The van der Waals surface area contributed by atoms with Gasteiger partial charge in [-0.15, -0.1) is 11.5 Å². The average molecular weight is 428 g/mol. The molecule has 0 fully saturated rings. The summed E-state index contributed by atoms with van der Waals surface area (Å²) in [5, 5.41) is 3.20. The molecule has 1 aromatic rings. The summed E-state index contributed by atoms with van der Waals surface area (Å²) in [4.78, 5) is 12.6. The fourth-order valence-corrected chi connectivity index (χ4v) is 9.88. The molecule has 30 heavy (non-hydrogen) atoms. The second kappa shape index (κ2) is 10.7. The number of carbonyl (C=O) groups is 1. The number of rotatable bonds is 8. The first-order valence-electron chi connectivity index (χ1n) is 11.6. The summed E-state index contributed by atoms with van der Waals surface area (Å²) < 4.78 is 0. The first-order chi connectivity index (χ1) is 13.7. The number of hydrogen-bond donors (Lipinski definition) is 1. The van der Waals surface area contributed by atoms with Crippen molar-refractivity contribution in [2.45, 2.75) is 98.7 Å². The quantitative estimate of drug-likeness (QED) is 0.351. The minimum atomic E-state index is -1.81. The summed E-state index contributed by atoms with van der Waals surface area (Å²) in [7, 11) is -1.81. The third-order valence-corrected chi connectivity index (χ3v) is 12.9. The van der Waals surface area contributed by atoms with E-state index in [1.165, 1.54) is 5.56 Å². The van der Waals surface area contributed by atoms with E-state index in [4.69, 9.17) is 0 Å². The highest BCUT2D eigenvalue weighted by molar-refractivity contribution is 6.90. The van der Waals surface area contributed by atoms with Gasteiger partial charge >= 0.3 is 0 Å². The molecule has 2 nitrogen and oxygen atoms in total. The van der Waals surface area contributed by atoms with Crippen LogP contribution in [0.3, 0.4) is 0 Å². The Morgan fingerprint density at radius 3 is 1.87 bits per heavy atom. The zero-order valence-corrected chi connectivity index (χ0v) is 22.1. The molecule has 0 saturated heterocycles. The minimum Gasteiger partial charge on any atom is -0.354 e. The molecule has 0 aliphatic carbocycles. The number of benzene rings is 1. The lowest BCUT2D eigenvalue weighted by Gasteiger charge is -2.38. The van der Waals surface area contributed by atoms with Gasteiger partial charge in [0.1, 0.15) is 8.07 Å². The summed E-state index contributed by atoms with van der Waals surface area (Å²) in [5.74, 6) is 3.85. The summed E-state index contributed by atoms with van der Waals surface area (Å²) in [5.41, 5.74) is 6.42. The molecule has 0 heterocycles. The lowest BCUT2D eigenvalue weighted by atomic mass is 9.84. The average Bonchev–Trinajstić information content (AvgIpc) is 2.64. The molecule has 0 spiro atoms. The number of hydrogen-bond acceptors (Lipinski definition) is 1. The van der Waals surface area contributed by atoms with Crippen molar-refractivity contribution in [3.05, 3.63) is 35.9 Å². The fourth-order valence-electron chi connectivity index (χ4n) is 4.49. The molecule has 1 atom stereocenters. The predicted molar refractivity (Wildman–Crippen MR) is 134 cm³/mol. The Balaban J connectivity index is 3.25. The van der Waals surface area contributed by atoms with Crippen molar-refractivity contribution in [2.24, 2.45) is 10.8 Å². The molecule has 1 aromatic carbocycles. The van der Waals surface area contributed by atoms with Crippen molar-refractivity contribution in [3.63, 3.8) is 0 Å². The topological polar surface area (TPSA) is 29.1 Å². The van der Waals surface area contributed by atoms with Crippen LogP contribution in [-0.2, 0) is 11.2 Å². The Labute approximate surface area is 187 Å². The van der Waals surface area contributed by atoms with Gasteiger partial charge in [-0.3, -0.25) is 4.79 Å². The van der Waals surface area contributed by atoms with Crippen LogP contribution in [0.5, 0.6) is 0 Å². The van der Waals surface area contributed by atoms with Gasteiger partial charge < -0.3 is 5.32 Å².